The van der Waals surface area contributed by atoms with Gasteiger partial charge < -0.3 is 5.73 Å². The van der Waals surface area contributed by atoms with Gasteiger partial charge in [0.25, 0.3) is 0 Å². The summed E-state index contributed by atoms with van der Waals surface area (Å²) in [5, 5.41) is 19.7. The lowest BCUT2D eigenvalue weighted by Crippen LogP contribution is -2.42. The molecule has 1 atom stereocenters. The summed E-state index contributed by atoms with van der Waals surface area (Å²) in [4.78, 5) is 15.1. The van der Waals surface area contributed by atoms with Gasteiger partial charge in [-0.1, -0.05) is 60.7 Å². The van der Waals surface area contributed by atoms with Crippen molar-refractivity contribution in [1.29, 1.82) is 5.26 Å². The monoisotopic (exact) mass is 457 g/mol. The van der Waals surface area contributed by atoms with Gasteiger partial charge in [-0.2, -0.15) is 5.26 Å². The normalized spacial score (nSPS) is 21.0. The van der Waals surface area contributed by atoms with Gasteiger partial charge in [0, 0.05) is 22.7 Å². The van der Waals surface area contributed by atoms with Crippen molar-refractivity contribution < 1.29 is 4.79 Å². The van der Waals surface area contributed by atoms with E-state index in [1.165, 1.54) is 23.1 Å². The molecule has 1 aromatic carbocycles. The Morgan fingerprint density at radius 1 is 1.30 bits per heavy atom. The standard InChI is InChI=1S/C21H20ClN5OS2/c1-21(2)8-14-17(15(28)9-21)16(11-4-6-12(22)7-5-11)13(10-23)18(24)27(14)19-25-26-20(29-3)30-19/h4-7,16H,8-9,24H2,1-3H3. The molecule has 154 valence electrons. The molecule has 0 bridgehead atoms. The predicted octanol–water partition coefficient (Wildman–Crippen LogP) is 4.85. The van der Waals surface area contributed by atoms with Gasteiger partial charge in [-0.3, -0.25) is 9.69 Å². The molecule has 1 aliphatic carbocycles. The molecule has 2 aliphatic rings. The maximum Gasteiger partial charge on any atom is 0.219 e. The number of nitriles is 1. The fraction of sp³-hybridized carbons (Fsp3) is 0.333. The molecule has 0 fully saturated rings. The number of Topliss-reactive ketones (excluding diaryl/α,β-unsaturated/α-hetero) is 1. The topological polar surface area (TPSA) is 95.9 Å². The third kappa shape index (κ3) is 3.51. The van der Waals surface area contributed by atoms with E-state index in [4.69, 9.17) is 17.3 Å². The molecule has 2 N–H and O–H groups in total. The Labute approximate surface area is 188 Å². The number of halogens is 1. The zero-order valence-corrected chi connectivity index (χ0v) is 19.2. The summed E-state index contributed by atoms with van der Waals surface area (Å²) in [5.41, 5.74) is 8.91. The van der Waals surface area contributed by atoms with Gasteiger partial charge in [0.15, 0.2) is 10.1 Å². The number of ketones is 1. The van der Waals surface area contributed by atoms with Gasteiger partial charge in [-0.25, -0.2) is 0 Å². The molecule has 1 aromatic heterocycles. The first-order valence-corrected chi connectivity index (χ1v) is 11.8. The van der Waals surface area contributed by atoms with E-state index >= 15 is 0 Å². The van der Waals surface area contributed by atoms with Gasteiger partial charge in [0.1, 0.15) is 5.82 Å². The van der Waals surface area contributed by atoms with E-state index in [9.17, 15) is 10.1 Å². The molecule has 0 radical (unpaired) electrons. The third-order valence-electron chi connectivity index (χ3n) is 5.35. The van der Waals surface area contributed by atoms with Crippen LogP contribution in [0, 0.1) is 16.7 Å². The average Bonchev–Trinajstić information content (AvgIpc) is 3.15. The number of carbonyl (C=O) groups excluding carboxylic acids is 1. The maximum absolute atomic E-state index is 13.4. The number of hydrogen-bond donors (Lipinski definition) is 1. The summed E-state index contributed by atoms with van der Waals surface area (Å²) in [6.07, 6.45) is 2.98. The molecule has 0 saturated heterocycles. The van der Waals surface area contributed by atoms with Crippen LogP contribution in [0.4, 0.5) is 5.13 Å². The number of hydrogen-bond acceptors (Lipinski definition) is 8. The maximum atomic E-state index is 13.4. The summed E-state index contributed by atoms with van der Waals surface area (Å²) in [6, 6.07) is 9.48. The Hall–Kier alpha value is -2.34. The van der Waals surface area contributed by atoms with Crippen LogP contribution in [0.1, 0.15) is 38.2 Å². The molecule has 0 saturated carbocycles. The Morgan fingerprint density at radius 3 is 2.60 bits per heavy atom. The van der Waals surface area contributed by atoms with Crippen molar-refractivity contribution in [2.45, 2.75) is 36.9 Å². The number of allylic oxidation sites excluding steroid dienone is 3. The molecular weight excluding hydrogens is 438 g/mol. The Morgan fingerprint density at radius 2 is 2.00 bits per heavy atom. The Balaban J connectivity index is 1.97. The second-order valence-corrected chi connectivity index (χ2v) is 10.5. The van der Waals surface area contributed by atoms with Crippen LogP contribution in [0.3, 0.4) is 0 Å². The fourth-order valence-electron chi connectivity index (χ4n) is 4.09. The van der Waals surface area contributed by atoms with E-state index in [1.807, 2.05) is 18.4 Å². The van der Waals surface area contributed by atoms with Crippen LogP contribution in [0.15, 0.2) is 51.3 Å². The van der Waals surface area contributed by atoms with Crippen LogP contribution in [0.5, 0.6) is 0 Å². The summed E-state index contributed by atoms with van der Waals surface area (Å²) in [5.74, 6) is -0.193. The van der Waals surface area contributed by atoms with Crippen LogP contribution in [0.25, 0.3) is 0 Å². The van der Waals surface area contributed by atoms with Crippen molar-refractivity contribution in [1.82, 2.24) is 10.2 Å². The number of nitrogens with two attached hydrogens (primary N) is 1. The third-order valence-corrected chi connectivity index (χ3v) is 7.48. The van der Waals surface area contributed by atoms with E-state index in [-0.39, 0.29) is 11.2 Å². The Bertz CT molecular complexity index is 1130. The quantitative estimate of drug-likeness (QED) is 0.657. The fourth-order valence-corrected chi connectivity index (χ4v) is 5.52. The SMILES string of the molecule is CSc1nnc(N2C(N)=C(C#N)C(c3ccc(Cl)cc3)C3=C2CC(C)(C)CC3=O)s1. The highest BCUT2D eigenvalue weighted by molar-refractivity contribution is 8.00. The molecule has 2 heterocycles. The summed E-state index contributed by atoms with van der Waals surface area (Å²) < 4.78 is 0.791. The largest absolute Gasteiger partial charge is 0.384 e. The zero-order chi connectivity index (χ0) is 21.6. The Kier molecular flexibility index (Phi) is 5.39. The average molecular weight is 458 g/mol. The van der Waals surface area contributed by atoms with Crippen molar-refractivity contribution in [3.8, 4) is 6.07 Å². The first-order chi connectivity index (χ1) is 14.3. The highest BCUT2D eigenvalue weighted by Crippen LogP contribution is 2.50. The first-order valence-electron chi connectivity index (χ1n) is 9.35. The lowest BCUT2D eigenvalue weighted by atomic mass is 9.69. The number of thioether (sulfide) groups is 1. The van der Waals surface area contributed by atoms with E-state index < -0.39 is 5.92 Å². The van der Waals surface area contributed by atoms with Gasteiger partial charge in [-0.05, 0) is 35.8 Å². The zero-order valence-electron chi connectivity index (χ0n) is 16.8. The van der Waals surface area contributed by atoms with Gasteiger partial charge in [-0.15, -0.1) is 10.2 Å². The van der Waals surface area contributed by atoms with E-state index in [2.05, 4.69) is 30.1 Å². The van der Waals surface area contributed by atoms with Crippen LogP contribution in [-0.4, -0.2) is 22.2 Å². The second-order valence-electron chi connectivity index (χ2n) is 8.09. The van der Waals surface area contributed by atoms with E-state index in [1.54, 1.807) is 17.0 Å². The van der Waals surface area contributed by atoms with Gasteiger partial charge in [0.05, 0.1) is 17.6 Å². The van der Waals surface area contributed by atoms with Crippen molar-refractivity contribution in [3.63, 3.8) is 0 Å². The molecule has 0 amide bonds. The number of aromatic nitrogens is 2. The summed E-state index contributed by atoms with van der Waals surface area (Å²) >= 11 is 8.95. The molecule has 1 aliphatic heterocycles. The highest BCUT2D eigenvalue weighted by Gasteiger charge is 2.45. The summed E-state index contributed by atoms with van der Waals surface area (Å²) in [7, 11) is 0. The molecule has 4 rings (SSSR count). The van der Waals surface area contributed by atoms with Crippen LogP contribution in [0.2, 0.25) is 5.02 Å². The predicted molar refractivity (Wildman–Crippen MR) is 120 cm³/mol. The minimum absolute atomic E-state index is 0.0288. The van der Waals surface area contributed by atoms with Crippen LogP contribution >= 0.6 is 34.7 Å². The molecule has 2 aromatic rings. The molecule has 6 nitrogen and oxygen atoms in total. The number of carbonyl (C=O) groups is 1. The molecule has 9 heteroatoms. The highest BCUT2D eigenvalue weighted by atomic mass is 35.5. The minimum Gasteiger partial charge on any atom is -0.384 e. The lowest BCUT2D eigenvalue weighted by molar-refractivity contribution is -0.118. The van der Waals surface area contributed by atoms with Crippen molar-refractivity contribution >= 4 is 45.6 Å². The number of benzene rings is 1. The van der Waals surface area contributed by atoms with Crippen LogP contribution in [-0.2, 0) is 4.79 Å². The second kappa shape index (κ2) is 7.73. The van der Waals surface area contributed by atoms with Crippen LogP contribution < -0.4 is 10.6 Å². The van der Waals surface area contributed by atoms with E-state index in [0.717, 1.165) is 15.6 Å². The molecule has 30 heavy (non-hydrogen) atoms. The molecule has 1 unspecified atom stereocenters. The van der Waals surface area contributed by atoms with Crippen molar-refractivity contribution in [2.24, 2.45) is 11.1 Å². The van der Waals surface area contributed by atoms with Gasteiger partial charge in [0.2, 0.25) is 5.13 Å². The minimum atomic E-state index is -0.518. The number of nitrogens with zero attached hydrogens (tertiary/aromatic N) is 4. The first kappa shape index (κ1) is 20.9. The smallest absolute Gasteiger partial charge is 0.219 e. The number of rotatable bonds is 3. The van der Waals surface area contributed by atoms with E-state index in [0.29, 0.717) is 40.0 Å². The van der Waals surface area contributed by atoms with Crippen molar-refractivity contribution in [3.05, 3.63) is 57.5 Å². The molecule has 0 spiro atoms. The van der Waals surface area contributed by atoms with Crippen molar-refractivity contribution in [2.75, 3.05) is 11.2 Å². The molecular formula is C21H20ClN5OS2. The summed E-state index contributed by atoms with van der Waals surface area (Å²) in [6.45, 7) is 4.13. The number of anilines is 1. The van der Waals surface area contributed by atoms with Gasteiger partial charge >= 0.3 is 0 Å². The lowest BCUT2D eigenvalue weighted by Gasteiger charge is -2.42.